The predicted molar refractivity (Wildman–Crippen MR) is 105 cm³/mol. The Balaban J connectivity index is 1.87. The molecule has 2 atom stereocenters. The molecule has 2 aromatic carbocycles. The van der Waals surface area contributed by atoms with Gasteiger partial charge in [0, 0.05) is 6.54 Å². The zero-order valence-corrected chi connectivity index (χ0v) is 16.1. The van der Waals surface area contributed by atoms with Crippen LogP contribution in [0.15, 0.2) is 48.5 Å². The van der Waals surface area contributed by atoms with E-state index >= 15 is 0 Å². The maximum atomic E-state index is 11.7. The minimum absolute atomic E-state index is 0.0469. The van der Waals surface area contributed by atoms with Crippen molar-refractivity contribution < 1.29 is 34.4 Å². The summed E-state index contributed by atoms with van der Waals surface area (Å²) in [6, 6.07) is 13.8. The average Bonchev–Trinajstić information content (AvgIpc) is 2.72. The first kappa shape index (κ1) is 22.2. The Labute approximate surface area is 168 Å². The standard InChI is InChI=1S/C21H25NO7/c1-28-16-8-7-15(11-19(24)25)17(12-16)20(26)18(23)9-10-22-21(27)29-13-14-5-3-2-4-6-14/h2-8,12,18,20,23,26H,9-11,13H2,1H3,(H,22,27)(H,24,25). The largest absolute Gasteiger partial charge is 0.497 e. The van der Waals surface area contributed by atoms with Gasteiger partial charge < -0.3 is 30.1 Å². The first-order chi connectivity index (χ1) is 13.9. The van der Waals surface area contributed by atoms with E-state index in [4.69, 9.17) is 14.6 Å². The summed E-state index contributed by atoms with van der Waals surface area (Å²) in [5.41, 5.74) is 1.49. The van der Waals surface area contributed by atoms with E-state index in [2.05, 4.69) is 5.32 Å². The fourth-order valence-electron chi connectivity index (χ4n) is 2.76. The van der Waals surface area contributed by atoms with E-state index < -0.39 is 24.3 Å². The van der Waals surface area contributed by atoms with Crippen LogP contribution < -0.4 is 10.1 Å². The summed E-state index contributed by atoms with van der Waals surface area (Å²) in [5.74, 6) is -0.621. The summed E-state index contributed by atoms with van der Waals surface area (Å²) in [5, 5.41) is 32.3. The van der Waals surface area contributed by atoms with Crippen molar-refractivity contribution in [1.82, 2.24) is 5.32 Å². The molecular weight excluding hydrogens is 378 g/mol. The van der Waals surface area contributed by atoms with Gasteiger partial charge in [-0.15, -0.1) is 0 Å². The Morgan fingerprint density at radius 1 is 1.10 bits per heavy atom. The molecule has 1 amide bonds. The van der Waals surface area contributed by atoms with Gasteiger partial charge >= 0.3 is 12.1 Å². The summed E-state index contributed by atoms with van der Waals surface area (Å²) in [6.45, 7) is 0.199. The SMILES string of the molecule is COc1ccc(CC(=O)O)c(C(O)C(O)CCNC(=O)OCc2ccccc2)c1. The van der Waals surface area contributed by atoms with Crippen LogP contribution in [0.4, 0.5) is 4.79 Å². The van der Waals surface area contributed by atoms with Gasteiger partial charge in [-0.3, -0.25) is 4.79 Å². The van der Waals surface area contributed by atoms with Crippen molar-refractivity contribution in [2.45, 2.75) is 31.7 Å². The molecule has 0 spiro atoms. The highest BCUT2D eigenvalue weighted by Crippen LogP contribution is 2.27. The third kappa shape index (κ3) is 7.10. The first-order valence-electron chi connectivity index (χ1n) is 9.10. The molecule has 0 aliphatic carbocycles. The van der Waals surface area contributed by atoms with Gasteiger partial charge in [-0.1, -0.05) is 36.4 Å². The third-order valence-corrected chi connectivity index (χ3v) is 4.30. The summed E-state index contributed by atoms with van der Waals surface area (Å²) in [7, 11) is 1.45. The molecule has 0 aliphatic heterocycles. The quantitative estimate of drug-likeness (QED) is 0.478. The molecule has 0 saturated carbocycles. The van der Waals surface area contributed by atoms with Gasteiger partial charge in [0.15, 0.2) is 0 Å². The normalized spacial score (nSPS) is 12.7. The van der Waals surface area contributed by atoms with Crippen LogP contribution in [0.5, 0.6) is 5.75 Å². The average molecular weight is 403 g/mol. The number of amides is 1. The van der Waals surface area contributed by atoms with Crippen LogP contribution in [-0.2, 0) is 22.6 Å². The van der Waals surface area contributed by atoms with Gasteiger partial charge in [-0.25, -0.2) is 4.79 Å². The van der Waals surface area contributed by atoms with E-state index in [9.17, 15) is 19.8 Å². The topological polar surface area (TPSA) is 125 Å². The van der Waals surface area contributed by atoms with Crippen molar-refractivity contribution >= 4 is 12.1 Å². The summed E-state index contributed by atoms with van der Waals surface area (Å²) in [4.78, 5) is 22.8. The Bertz CT molecular complexity index is 810. The van der Waals surface area contributed by atoms with Crippen LogP contribution in [0, 0.1) is 0 Å². The van der Waals surface area contributed by atoms with Gasteiger partial charge in [0.1, 0.15) is 18.5 Å². The zero-order chi connectivity index (χ0) is 21.2. The van der Waals surface area contributed by atoms with Crippen molar-refractivity contribution in [3.05, 3.63) is 65.2 Å². The number of carboxylic acids is 1. The Morgan fingerprint density at radius 2 is 1.83 bits per heavy atom. The number of carbonyl (C=O) groups excluding carboxylic acids is 1. The highest BCUT2D eigenvalue weighted by atomic mass is 16.5. The Kier molecular flexibility index (Phi) is 8.45. The van der Waals surface area contributed by atoms with Gasteiger partial charge in [0.05, 0.1) is 19.6 Å². The van der Waals surface area contributed by atoms with E-state index in [1.165, 1.54) is 19.2 Å². The number of alkyl carbamates (subject to hydrolysis) is 1. The summed E-state index contributed by atoms with van der Waals surface area (Å²) >= 11 is 0. The van der Waals surface area contributed by atoms with Crippen molar-refractivity contribution in [2.24, 2.45) is 0 Å². The minimum atomic E-state index is -1.33. The van der Waals surface area contributed by atoms with E-state index in [0.29, 0.717) is 11.3 Å². The van der Waals surface area contributed by atoms with Crippen molar-refractivity contribution in [1.29, 1.82) is 0 Å². The Morgan fingerprint density at radius 3 is 2.48 bits per heavy atom. The molecule has 0 aliphatic rings. The number of aliphatic hydroxyl groups excluding tert-OH is 2. The number of aliphatic hydroxyl groups is 2. The van der Waals surface area contributed by atoms with Crippen LogP contribution in [0.25, 0.3) is 0 Å². The molecule has 8 heteroatoms. The van der Waals surface area contributed by atoms with Crippen molar-refractivity contribution in [2.75, 3.05) is 13.7 Å². The van der Waals surface area contributed by atoms with Crippen molar-refractivity contribution in [3.63, 3.8) is 0 Å². The van der Waals surface area contributed by atoms with Crippen LogP contribution in [0.1, 0.15) is 29.2 Å². The molecule has 4 N–H and O–H groups in total. The number of ether oxygens (including phenoxy) is 2. The number of rotatable bonds is 10. The molecular formula is C21H25NO7. The van der Waals surface area contributed by atoms with Crippen LogP contribution in [0.3, 0.4) is 0 Å². The first-order valence-corrected chi connectivity index (χ1v) is 9.10. The second-order valence-corrected chi connectivity index (χ2v) is 6.42. The van der Waals surface area contributed by atoms with Crippen LogP contribution in [0.2, 0.25) is 0 Å². The molecule has 156 valence electrons. The number of methoxy groups -OCH3 is 1. The lowest BCUT2D eigenvalue weighted by Gasteiger charge is -2.21. The molecule has 0 fully saturated rings. The maximum absolute atomic E-state index is 11.7. The lowest BCUT2D eigenvalue weighted by atomic mass is 9.95. The predicted octanol–water partition coefficient (Wildman–Crippen LogP) is 2.03. The zero-order valence-electron chi connectivity index (χ0n) is 16.1. The molecule has 0 bridgehead atoms. The molecule has 8 nitrogen and oxygen atoms in total. The summed E-state index contributed by atoms with van der Waals surface area (Å²) < 4.78 is 10.2. The molecule has 29 heavy (non-hydrogen) atoms. The van der Waals surface area contributed by atoms with Gasteiger partial charge in [0.25, 0.3) is 0 Å². The number of benzene rings is 2. The molecule has 0 saturated heterocycles. The molecule has 0 aromatic heterocycles. The number of carbonyl (C=O) groups is 2. The number of hydrogen-bond donors (Lipinski definition) is 4. The van der Waals surface area contributed by atoms with E-state index in [1.807, 2.05) is 30.3 Å². The fourth-order valence-corrected chi connectivity index (χ4v) is 2.76. The molecule has 2 aromatic rings. The highest BCUT2D eigenvalue weighted by molar-refractivity contribution is 5.71. The number of aliphatic carboxylic acids is 1. The second-order valence-electron chi connectivity index (χ2n) is 6.42. The van der Waals surface area contributed by atoms with E-state index in [0.717, 1.165) is 5.56 Å². The lowest BCUT2D eigenvalue weighted by molar-refractivity contribution is -0.136. The monoisotopic (exact) mass is 403 g/mol. The minimum Gasteiger partial charge on any atom is -0.497 e. The van der Waals surface area contributed by atoms with Crippen LogP contribution >= 0.6 is 0 Å². The Hall–Kier alpha value is -3.10. The number of nitrogens with one attached hydrogen (secondary N) is 1. The highest BCUT2D eigenvalue weighted by Gasteiger charge is 2.23. The molecule has 2 rings (SSSR count). The fraction of sp³-hybridized carbons (Fsp3) is 0.333. The number of carboxylic acid groups (broad SMARTS) is 1. The van der Waals surface area contributed by atoms with Gasteiger partial charge in [-0.2, -0.15) is 0 Å². The van der Waals surface area contributed by atoms with Crippen LogP contribution in [-0.4, -0.2) is 47.1 Å². The van der Waals surface area contributed by atoms with Crippen molar-refractivity contribution in [3.8, 4) is 5.75 Å². The number of hydrogen-bond acceptors (Lipinski definition) is 6. The lowest BCUT2D eigenvalue weighted by Crippen LogP contribution is -2.30. The van der Waals surface area contributed by atoms with Gasteiger partial charge in [-0.05, 0) is 35.2 Å². The van der Waals surface area contributed by atoms with Gasteiger partial charge in [0.2, 0.25) is 0 Å². The molecule has 2 unspecified atom stereocenters. The molecule has 0 heterocycles. The summed E-state index contributed by atoms with van der Waals surface area (Å²) in [6.07, 6.45) is -3.44. The smallest absolute Gasteiger partial charge is 0.407 e. The second kappa shape index (κ2) is 11.0. The molecule has 0 radical (unpaired) electrons. The van der Waals surface area contributed by atoms with E-state index in [-0.39, 0.29) is 31.6 Å². The van der Waals surface area contributed by atoms with E-state index in [1.54, 1.807) is 6.07 Å². The third-order valence-electron chi connectivity index (χ3n) is 4.30. The maximum Gasteiger partial charge on any atom is 0.407 e.